The highest BCUT2D eigenvalue weighted by atomic mass is 19.4. The van der Waals surface area contributed by atoms with Gasteiger partial charge in [0, 0.05) is 31.4 Å². The number of guanidine groups is 1. The van der Waals surface area contributed by atoms with E-state index >= 15 is 0 Å². The second-order valence-corrected chi connectivity index (χ2v) is 7.39. The lowest BCUT2D eigenvalue weighted by atomic mass is 9.85. The van der Waals surface area contributed by atoms with Gasteiger partial charge >= 0.3 is 6.18 Å². The van der Waals surface area contributed by atoms with Crippen LogP contribution in [0.1, 0.15) is 44.2 Å². The van der Waals surface area contributed by atoms with Gasteiger partial charge in [0.15, 0.2) is 5.96 Å². The van der Waals surface area contributed by atoms with Gasteiger partial charge in [0.05, 0.1) is 24.7 Å². The standard InChI is InChI=1S/C18H31F3N6/c1-5-22-17(25-15-8-6-7-14(9-15)18(19,20)21)23-11-16(26(2)3)13-10-24-27(4)12-13/h10,12,14-16H,5-9,11H2,1-4H3,(H2,22,23,25). The first-order valence-electron chi connectivity index (χ1n) is 9.47. The fourth-order valence-corrected chi connectivity index (χ4v) is 3.49. The fourth-order valence-electron chi connectivity index (χ4n) is 3.49. The minimum atomic E-state index is -4.12. The summed E-state index contributed by atoms with van der Waals surface area (Å²) in [7, 11) is 5.82. The molecule has 0 spiro atoms. The Balaban J connectivity index is 2.04. The van der Waals surface area contributed by atoms with Crippen molar-refractivity contribution >= 4 is 5.96 Å². The van der Waals surface area contributed by atoms with Gasteiger partial charge in [0.1, 0.15) is 0 Å². The predicted octanol–water partition coefficient (Wildman–Crippen LogP) is 2.70. The highest BCUT2D eigenvalue weighted by Gasteiger charge is 2.42. The number of aliphatic imine (C=N–C) groups is 1. The van der Waals surface area contributed by atoms with E-state index < -0.39 is 12.1 Å². The highest BCUT2D eigenvalue weighted by molar-refractivity contribution is 5.80. The van der Waals surface area contributed by atoms with E-state index in [1.165, 1.54) is 0 Å². The minimum absolute atomic E-state index is 0.0448. The molecule has 9 heteroatoms. The molecule has 2 N–H and O–H groups in total. The van der Waals surface area contributed by atoms with Crippen molar-refractivity contribution in [2.24, 2.45) is 18.0 Å². The molecule has 1 aliphatic rings. The Morgan fingerprint density at radius 1 is 1.41 bits per heavy atom. The van der Waals surface area contributed by atoms with Crippen molar-refractivity contribution in [1.82, 2.24) is 25.3 Å². The molecule has 154 valence electrons. The van der Waals surface area contributed by atoms with Crippen molar-refractivity contribution in [2.75, 3.05) is 27.2 Å². The molecule has 1 saturated carbocycles. The summed E-state index contributed by atoms with van der Waals surface area (Å²) >= 11 is 0. The molecule has 1 fully saturated rings. The van der Waals surface area contributed by atoms with Crippen LogP contribution in [0.4, 0.5) is 13.2 Å². The maximum atomic E-state index is 13.0. The third-order valence-electron chi connectivity index (χ3n) is 4.98. The fraction of sp³-hybridized carbons (Fsp3) is 0.778. The molecule has 0 aromatic carbocycles. The number of alkyl halides is 3. The first-order valence-corrected chi connectivity index (χ1v) is 9.47. The van der Waals surface area contributed by atoms with Crippen LogP contribution in [-0.4, -0.2) is 60.0 Å². The van der Waals surface area contributed by atoms with Crippen LogP contribution in [0.5, 0.6) is 0 Å². The number of likely N-dealkylation sites (N-methyl/N-ethyl adjacent to an activating group) is 1. The number of hydrogen-bond donors (Lipinski definition) is 2. The van der Waals surface area contributed by atoms with Crippen LogP contribution >= 0.6 is 0 Å². The van der Waals surface area contributed by atoms with Gasteiger partial charge in [-0.25, -0.2) is 0 Å². The lowest BCUT2D eigenvalue weighted by molar-refractivity contribution is -0.183. The van der Waals surface area contributed by atoms with Gasteiger partial charge in [-0.2, -0.15) is 18.3 Å². The van der Waals surface area contributed by atoms with Crippen molar-refractivity contribution < 1.29 is 13.2 Å². The summed E-state index contributed by atoms with van der Waals surface area (Å²) in [6, 6.07) is -0.164. The largest absolute Gasteiger partial charge is 0.391 e. The number of nitrogens with one attached hydrogen (secondary N) is 2. The Morgan fingerprint density at radius 3 is 2.70 bits per heavy atom. The Labute approximate surface area is 159 Å². The van der Waals surface area contributed by atoms with Gasteiger partial charge < -0.3 is 15.5 Å². The maximum absolute atomic E-state index is 13.0. The van der Waals surface area contributed by atoms with E-state index in [0.29, 0.717) is 25.5 Å². The molecular weight excluding hydrogens is 357 g/mol. The molecule has 3 atom stereocenters. The average molecular weight is 388 g/mol. The maximum Gasteiger partial charge on any atom is 0.391 e. The van der Waals surface area contributed by atoms with Gasteiger partial charge in [-0.15, -0.1) is 0 Å². The summed E-state index contributed by atoms with van der Waals surface area (Å²) in [4.78, 5) is 6.70. The predicted molar refractivity (Wildman–Crippen MR) is 101 cm³/mol. The quantitative estimate of drug-likeness (QED) is 0.581. The summed E-state index contributed by atoms with van der Waals surface area (Å²) in [5.41, 5.74) is 1.05. The second-order valence-electron chi connectivity index (χ2n) is 7.39. The normalized spacial score (nSPS) is 22.7. The zero-order chi connectivity index (χ0) is 20.0. The summed E-state index contributed by atoms with van der Waals surface area (Å²) < 4.78 is 40.9. The van der Waals surface area contributed by atoms with E-state index in [1.807, 2.05) is 40.5 Å². The van der Waals surface area contributed by atoms with Gasteiger partial charge in [0.2, 0.25) is 0 Å². The Kier molecular flexibility index (Phi) is 7.52. The topological polar surface area (TPSA) is 57.5 Å². The SMILES string of the molecule is CCNC(=NCC(c1cnn(C)c1)N(C)C)NC1CCCC(C(F)(F)F)C1. The molecule has 1 aliphatic carbocycles. The summed E-state index contributed by atoms with van der Waals surface area (Å²) in [5.74, 6) is -0.655. The summed E-state index contributed by atoms with van der Waals surface area (Å²) in [5, 5.41) is 10.6. The molecule has 0 bridgehead atoms. The second kappa shape index (κ2) is 9.43. The third-order valence-corrected chi connectivity index (χ3v) is 4.98. The molecule has 0 aliphatic heterocycles. The van der Waals surface area contributed by atoms with Gasteiger partial charge in [-0.1, -0.05) is 6.42 Å². The van der Waals surface area contributed by atoms with Crippen LogP contribution in [0.25, 0.3) is 0 Å². The minimum Gasteiger partial charge on any atom is -0.357 e. The molecule has 2 rings (SSSR count). The van der Waals surface area contributed by atoms with E-state index in [9.17, 15) is 13.2 Å². The zero-order valence-electron chi connectivity index (χ0n) is 16.6. The third kappa shape index (κ3) is 6.41. The van der Waals surface area contributed by atoms with Gasteiger partial charge in [0.25, 0.3) is 0 Å². The van der Waals surface area contributed by atoms with Gasteiger partial charge in [-0.05, 0) is 40.3 Å². The van der Waals surface area contributed by atoms with Crippen LogP contribution in [-0.2, 0) is 7.05 Å². The number of nitrogens with zero attached hydrogens (tertiary/aromatic N) is 4. The van der Waals surface area contributed by atoms with Crippen LogP contribution in [0.15, 0.2) is 17.4 Å². The molecule has 0 saturated heterocycles. The smallest absolute Gasteiger partial charge is 0.357 e. The van der Waals surface area contributed by atoms with Crippen molar-refractivity contribution in [3.63, 3.8) is 0 Å². The number of hydrogen-bond acceptors (Lipinski definition) is 3. The molecule has 1 aromatic heterocycles. The van der Waals surface area contributed by atoms with Crippen molar-refractivity contribution in [3.8, 4) is 0 Å². The Bertz CT molecular complexity index is 610. The number of rotatable bonds is 6. The monoisotopic (exact) mass is 388 g/mol. The van der Waals surface area contributed by atoms with E-state index in [-0.39, 0.29) is 24.9 Å². The van der Waals surface area contributed by atoms with Crippen LogP contribution < -0.4 is 10.6 Å². The lowest BCUT2D eigenvalue weighted by Crippen LogP contribution is -2.47. The van der Waals surface area contributed by atoms with E-state index in [4.69, 9.17) is 0 Å². The average Bonchev–Trinajstić information content (AvgIpc) is 3.00. The van der Waals surface area contributed by atoms with Gasteiger partial charge in [-0.3, -0.25) is 9.67 Å². The molecule has 1 aromatic rings. The molecule has 3 unspecified atom stereocenters. The van der Waals surface area contributed by atoms with Crippen LogP contribution in [0, 0.1) is 5.92 Å². The van der Waals surface area contributed by atoms with Crippen molar-refractivity contribution in [2.45, 2.75) is 50.9 Å². The summed E-state index contributed by atoms with van der Waals surface area (Å²) in [6.45, 7) is 3.09. The molecule has 6 nitrogen and oxygen atoms in total. The van der Waals surface area contributed by atoms with E-state index in [0.717, 1.165) is 12.0 Å². The molecule has 27 heavy (non-hydrogen) atoms. The van der Waals surface area contributed by atoms with E-state index in [1.54, 1.807) is 4.68 Å². The molecule has 1 heterocycles. The lowest BCUT2D eigenvalue weighted by Gasteiger charge is -2.32. The molecule has 0 radical (unpaired) electrons. The Morgan fingerprint density at radius 2 is 2.15 bits per heavy atom. The van der Waals surface area contributed by atoms with Crippen molar-refractivity contribution in [1.29, 1.82) is 0 Å². The number of halogens is 3. The van der Waals surface area contributed by atoms with Crippen LogP contribution in [0.2, 0.25) is 0 Å². The first-order chi connectivity index (χ1) is 12.7. The number of aryl methyl sites for hydroxylation is 1. The summed E-state index contributed by atoms with van der Waals surface area (Å²) in [6.07, 6.45) is 1.29. The number of aromatic nitrogens is 2. The molecule has 0 amide bonds. The van der Waals surface area contributed by atoms with Crippen LogP contribution in [0.3, 0.4) is 0 Å². The van der Waals surface area contributed by atoms with Crippen molar-refractivity contribution in [3.05, 3.63) is 18.0 Å². The zero-order valence-corrected chi connectivity index (χ0v) is 16.6. The molecular formula is C18H31F3N6. The van der Waals surface area contributed by atoms with E-state index in [2.05, 4.69) is 25.6 Å². The first kappa shape index (κ1) is 21.5. The highest BCUT2D eigenvalue weighted by Crippen LogP contribution is 2.37. The Hall–Kier alpha value is -1.77.